The molecule has 2 aromatic carbocycles. The zero-order valence-corrected chi connectivity index (χ0v) is 24.4. The summed E-state index contributed by atoms with van der Waals surface area (Å²) in [6, 6.07) is 11.1. The highest BCUT2D eigenvalue weighted by molar-refractivity contribution is 6.32. The van der Waals surface area contributed by atoms with Crippen LogP contribution >= 0.6 is 23.2 Å². The smallest absolute Gasteiger partial charge is 0.411 e. The van der Waals surface area contributed by atoms with E-state index in [1.54, 1.807) is 48.5 Å². The van der Waals surface area contributed by atoms with Crippen LogP contribution in [0.1, 0.15) is 36.7 Å². The molecule has 1 aliphatic rings. The van der Waals surface area contributed by atoms with Gasteiger partial charge in [-0.1, -0.05) is 35.3 Å². The number of benzene rings is 2. The first-order valence-corrected chi connectivity index (χ1v) is 14.0. The number of tetrazole rings is 1. The van der Waals surface area contributed by atoms with Crippen molar-refractivity contribution in [3.05, 3.63) is 76.4 Å². The van der Waals surface area contributed by atoms with Crippen LogP contribution in [0.15, 0.2) is 54.9 Å². The van der Waals surface area contributed by atoms with Gasteiger partial charge in [0, 0.05) is 34.5 Å². The zero-order valence-electron chi connectivity index (χ0n) is 22.9. The molecule has 2 heterocycles. The Balaban J connectivity index is 1.35. The van der Waals surface area contributed by atoms with E-state index in [0.717, 1.165) is 12.8 Å². The number of methoxy groups -OCH3 is 1. The summed E-state index contributed by atoms with van der Waals surface area (Å²) in [7, 11) is 1.27. The number of nitrogens with zero attached hydrogens (tertiary/aromatic N) is 5. The molecule has 1 atom stereocenters. The Morgan fingerprint density at radius 2 is 1.95 bits per heavy atom. The van der Waals surface area contributed by atoms with Crippen molar-refractivity contribution in [1.29, 1.82) is 0 Å². The number of ether oxygens (including phenoxy) is 1. The van der Waals surface area contributed by atoms with Gasteiger partial charge in [0.2, 0.25) is 11.8 Å². The molecule has 222 valence electrons. The van der Waals surface area contributed by atoms with Gasteiger partial charge < -0.3 is 20.4 Å². The summed E-state index contributed by atoms with van der Waals surface area (Å²) in [6.45, 7) is 0.588. The van der Waals surface area contributed by atoms with Gasteiger partial charge in [-0.05, 0) is 65.6 Å². The van der Waals surface area contributed by atoms with E-state index in [4.69, 9.17) is 23.2 Å². The Bertz CT molecular complexity index is 1630. The van der Waals surface area contributed by atoms with Crippen molar-refractivity contribution in [2.24, 2.45) is 5.92 Å². The van der Waals surface area contributed by atoms with Gasteiger partial charge in [-0.15, -0.1) is 5.10 Å². The lowest BCUT2D eigenvalue weighted by atomic mass is 10.1. The molecule has 0 bridgehead atoms. The van der Waals surface area contributed by atoms with Crippen LogP contribution in [0.3, 0.4) is 0 Å². The molecular weight excluding hydrogens is 597 g/mol. The average Bonchev–Trinajstić information content (AvgIpc) is 3.51. The molecule has 0 saturated heterocycles. The molecule has 4 N–H and O–H groups in total. The Kier molecular flexibility index (Phi) is 9.32. The maximum absolute atomic E-state index is 13.1. The summed E-state index contributed by atoms with van der Waals surface area (Å²) >= 11 is 12.7. The van der Waals surface area contributed by atoms with E-state index >= 15 is 0 Å². The van der Waals surface area contributed by atoms with Gasteiger partial charge in [0.05, 0.1) is 25.3 Å². The maximum Gasteiger partial charge on any atom is 0.411 e. The fourth-order valence-electron chi connectivity index (χ4n) is 4.18. The highest BCUT2D eigenvalue weighted by atomic mass is 35.5. The molecule has 1 fully saturated rings. The number of aromatic nitrogens is 6. The minimum atomic E-state index is -0.818. The number of carbonyl (C=O) groups excluding carboxylic acids is 3. The highest BCUT2D eigenvalue weighted by Gasteiger charge is 2.25. The summed E-state index contributed by atoms with van der Waals surface area (Å²) in [5.41, 5.74) is 2.81. The molecule has 13 nitrogen and oxygen atoms in total. The van der Waals surface area contributed by atoms with Gasteiger partial charge in [0.1, 0.15) is 23.0 Å². The predicted molar refractivity (Wildman–Crippen MR) is 159 cm³/mol. The molecule has 0 unspecified atom stereocenters. The predicted octanol–water partition coefficient (Wildman–Crippen LogP) is 4.32. The second-order valence-electron chi connectivity index (χ2n) is 9.78. The van der Waals surface area contributed by atoms with Gasteiger partial charge in [-0.3, -0.25) is 14.9 Å². The molecule has 1 aliphatic carbocycles. The Morgan fingerprint density at radius 1 is 1.16 bits per heavy atom. The molecule has 0 aliphatic heterocycles. The van der Waals surface area contributed by atoms with E-state index in [1.807, 2.05) is 0 Å². The molecule has 3 amide bonds. The molecule has 5 rings (SSSR count). The average molecular weight is 624 g/mol. The molecule has 0 radical (unpaired) electrons. The van der Waals surface area contributed by atoms with Crippen LogP contribution in [0.2, 0.25) is 10.2 Å². The Labute approximate surface area is 256 Å². The number of anilines is 1. The second-order valence-corrected chi connectivity index (χ2v) is 10.6. The van der Waals surface area contributed by atoms with E-state index in [9.17, 15) is 14.4 Å². The largest absolute Gasteiger partial charge is 0.453 e. The monoisotopic (exact) mass is 623 g/mol. The molecule has 43 heavy (non-hydrogen) atoms. The van der Waals surface area contributed by atoms with Crippen LogP contribution in [0.25, 0.3) is 23.0 Å². The Hall–Kier alpha value is -4.75. The number of hydrogen-bond acceptors (Lipinski definition) is 8. The quantitative estimate of drug-likeness (QED) is 0.179. The zero-order chi connectivity index (χ0) is 30.3. The molecule has 15 heteroatoms. The van der Waals surface area contributed by atoms with E-state index < -0.39 is 18.0 Å². The van der Waals surface area contributed by atoms with Crippen molar-refractivity contribution in [1.82, 2.24) is 40.8 Å². The molecular formula is C28H27Cl2N9O4. The van der Waals surface area contributed by atoms with Gasteiger partial charge >= 0.3 is 6.09 Å². The third kappa shape index (κ3) is 7.96. The molecule has 4 aromatic rings. The standard InChI is InChI=1S/C28H27Cl2N9O4/c1-43-28(42)33-20-8-4-17(5-9-20)25-26(30)36-27(35-25)21(13-24(41)31-14-16-2-3-16)34-23(40)11-6-18-12-19(29)7-10-22(18)39-15-32-37-38-39/h4-12,15-16,21H,2-3,13-14H2,1H3,(H,31,41)(H,33,42)(H,34,40)(H,35,36)/t21-/m0/s1. The Morgan fingerprint density at radius 3 is 2.65 bits per heavy atom. The summed E-state index contributed by atoms with van der Waals surface area (Å²) < 4.78 is 6.06. The van der Waals surface area contributed by atoms with Crippen molar-refractivity contribution < 1.29 is 19.1 Å². The number of amides is 3. The van der Waals surface area contributed by atoms with Crippen LogP contribution in [0.5, 0.6) is 0 Å². The number of halogens is 2. The summed E-state index contributed by atoms with van der Waals surface area (Å²) in [5.74, 6) is 0.0877. The minimum Gasteiger partial charge on any atom is -0.453 e. The third-order valence-corrected chi connectivity index (χ3v) is 7.10. The lowest BCUT2D eigenvalue weighted by molar-refractivity contribution is -0.122. The first-order chi connectivity index (χ1) is 20.8. The number of imidazole rings is 1. The number of rotatable bonds is 11. The fraction of sp³-hybridized carbons (Fsp3) is 0.250. The van der Waals surface area contributed by atoms with E-state index in [1.165, 1.54) is 24.2 Å². The van der Waals surface area contributed by atoms with E-state index in [-0.39, 0.29) is 17.5 Å². The SMILES string of the molecule is COC(=O)Nc1ccc(-c2nc([C@H](CC(=O)NCC3CC3)NC(=O)C=Cc3cc(Cl)ccc3-n3cnnn3)[nH]c2Cl)cc1. The van der Waals surface area contributed by atoms with Crippen LogP contribution in [0, 0.1) is 5.92 Å². The van der Waals surface area contributed by atoms with Gasteiger partial charge in [0.25, 0.3) is 0 Å². The van der Waals surface area contributed by atoms with Crippen LogP contribution < -0.4 is 16.0 Å². The second kappa shape index (κ2) is 13.5. The van der Waals surface area contributed by atoms with Crippen LogP contribution in [-0.4, -0.2) is 61.7 Å². The summed E-state index contributed by atoms with van der Waals surface area (Å²) in [6.07, 6.45) is 5.85. The van der Waals surface area contributed by atoms with Crippen LogP contribution in [-0.2, 0) is 14.3 Å². The molecule has 2 aromatic heterocycles. The van der Waals surface area contributed by atoms with Crippen molar-refractivity contribution in [3.8, 4) is 16.9 Å². The first-order valence-electron chi connectivity index (χ1n) is 13.3. The summed E-state index contributed by atoms with van der Waals surface area (Å²) in [4.78, 5) is 45.0. The number of H-pyrrole nitrogens is 1. The highest BCUT2D eigenvalue weighted by Crippen LogP contribution is 2.30. The van der Waals surface area contributed by atoms with E-state index in [0.29, 0.717) is 51.5 Å². The first kappa shape index (κ1) is 29.7. The fourth-order valence-corrected chi connectivity index (χ4v) is 4.61. The third-order valence-electron chi connectivity index (χ3n) is 6.59. The molecule has 0 spiro atoms. The lowest BCUT2D eigenvalue weighted by Crippen LogP contribution is -2.34. The lowest BCUT2D eigenvalue weighted by Gasteiger charge is -2.16. The topological polar surface area (TPSA) is 169 Å². The van der Waals surface area contributed by atoms with Gasteiger partial charge in [-0.2, -0.15) is 4.68 Å². The molecule has 1 saturated carbocycles. The van der Waals surface area contributed by atoms with Crippen molar-refractivity contribution in [2.75, 3.05) is 19.0 Å². The summed E-state index contributed by atoms with van der Waals surface area (Å²) in [5, 5.41) is 20.2. The number of hydrogen-bond donors (Lipinski definition) is 4. The number of nitrogens with one attached hydrogen (secondary N) is 4. The number of aromatic amines is 1. The van der Waals surface area contributed by atoms with Gasteiger partial charge in [0.15, 0.2) is 0 Å². The van der Waals surface area contributed by atoms with Crippen molar-refractivity contribution in [2.45, 2.75) is 25.3 Å². The van der Waals surface area contributed by atoms with Crippen molar-refractivity contribution in [3.63, 3.8) is 0 Å². The van der Waals surface area contributed by atoms with Gasteiger partial charge in [-0.25, -0.2) is 9.78 Å². The number of carbonyl (C=O) groups is 3. The van der Waals surface area contributed by atoms with E-state index in [2.05, 4.69) is 46.2 Å². The van der Waals surface area contributed by atoms with Crippen molar-refractivity contribution >= 4 is 52.9 Å². The maximum atomic E-state index is 13.1. The van der Waals surface area contributed by atoms with Crippen LogP contribution in [0.4, 0.5) is 10.5 Å². The minimum absolute atomic E-state index is 0.0649. The normalized spacial score (nSPS) is 13.5.